The van der Waals surface area contributed by atoms with Crippen LogP contribution in [0.4, 0.5) is 5.69 Å². The number of nitrogens with zero attached hydrogens (tertiary/aromatic N) is 2. The van der Waals surface area contributed by atoms with E-state index in [-0.39, 0.29) is 0 Å². The molecule has 0 spiro atoms. The van der Waals surface area contributed by atoms with Crippen LogP contribution >= 0.6 is 0 Å². The van der Waals surface area contributed by atoms with E-state index in [2.05, 4.69) is 53.6 Å². The first-order chi connectivity index (χ1) is 8.81. The van der Waals surface area contributed by atoms with Gasteiger partial charge in [0.15, 0.2) is 5.82 Å². The number of hydrogen-bond donors (Lipinski definition) is 1. The van der Waals surface area contributed by atoms with Crippen molar-refractivity contribution < 1.29 is 4.52 Å². The van der Waals surface area contributed by atoms with Crippen LogP contribution in [0.2, 0.25) is 0 Å². The lowest BCUT2D eigenvalue weighted by atomic mass is 10.1. The van der Waals surface area contributed by atoms with Gasteiger partial charge in [-0.15, -0.1) is 0 Å². The summed E-state index contributed by atoms with van der Waals surface area (Å²) in [6.45, 7) is 4.82. The van der Waals surface area contributed by atoms with Crippen molar-refractivity contribution in [1.29, 1.82) is 0 Å². The van der Waals surface area contributed by atoms with Gasteiger partial charge in [-0.3, -0.25) is 0 Å². The van der Waals surface area contributed by atoms with E-state index in [4.69, 9.17) is 4.52 Å². The molecule has 1 heterocycles. The van der Waals surface area contributed by atoms with Crippen LogP contribution in [-0.2, 0) is 19.4 Å². The van der Waals surface area contributed by atoms with Gasteiger partial charge in [-0.1, -0.05) is 31.1 Å². The Balaban J connectivity index is 1.89. The molecule has 0 radical (unpaired) electrons. The highest BCUT2D eigenvalue weighted by atomic mass is 16.5. The summed E-state index contributed by atoms with van der Waals surface area (Å²) in [6, 6.07) is 8.39. The molecule has 0 amide bonds. The van der Waals surface area contributed by atoms with Crippen LogP contribution in [-0.4, -0.2) is 10.1 Å². The van der Waals surface area contributed by atoms with Crippen LogP contribution in [0.3, 0.4) is 0 Å². The second-order valence-electron chi connectivity index (χ2n) is 4.26. The Bertz CT molecular complexity index is 476. The van der Waals surface area contributed by atoms with Gasteiger partial charge in [0.1, 0.15) is 0 Å². The molecule has 0 saturated heterocycles. The van der Waals surface area contributed by atoms with Crippen molar-refractivity contribution in [3.63, 3.8) is 0 Å². The minimum Gasteiger partial charge on any atom is -0.376 e. The van der Waals surface area contributed by atoms with E-state index in [1.165, 1.54) is 5.56 Å². The molecular weight excluding hydrogens is 226 g/mol. The second kappa shape index (κ2) is 6.19. The summed E-state index contributed by atoms with van der Waals surface area (Å²) in [5.74, 6) is 1.42. The van der Waals surface area contributed by atoms with Crippen molar-refractivity contribution in [3.8, 4) is 0 Å². The lowest BCUT2D eigenvalue weighted by Crippen LogP contribution is -2.00. The Hall–Kier alpha value is -1.84. The van der Waals surface area contributed by atoms with Crippen LogP contribution in [0.25, 0.3) is 0 Å². The smallest absolute Gasteiger partial charge is 0.245 e. The molecule has 1 N–H and O–H groups in total. The molecule has 0 saturated carbocycles. The molecule has 2 aromatic rings. The lowest BCUT2D eigenvalue weighted by Gasteiger charge is -2.03. The van der Waals surface area contributed by atoms with Crippen LogP contribution in [0.1, 0.15) is 37.5 Å². The van der Waals surface area contributed by atoms with Crippen molar-refractivity contribution in [3.05, 3.63) is 41.5 Å². The van der Waals surface area contributed by atoms with Gasteiger partial charge in [-0.25, -0.2) is 0 Å². The molecular formula is C14H19N3O. The number of nitrogens with one attached hydrogen (secondary N) is 1. The molecule has 96 valence electrons. The third-order valence-electron chi connectivity index (χ3n) is 2.79. The van der Waals surface area contributed by atoms with Gasteiger partial charge in [0.25, 0.3) is 0 Å². The fraction of sp³-hybridized carbons (Fsp3) is 0.429. The number of aromatic nitrogens is 2. The van der Waals surface area contributed by atoms with E-state index in [0.29, 0.717) is 12.4 Å². The predicted molar refractivity (Wildman–Crippen MR) is 71.4 cm³/mol. The van der Waals surface area contributed by atoms with E-state index < -0.39 is 0 Å². The monoisotopic (exact) mass is 245 g/mol. The summed E-state index contributed by atoms with van der Waals surface area (Å²) in [4.78, 5) is 4.31. The van der Waals surface area contributed by atoms with Crippen LogP contribution in [0.5, 0.6) is 0 Å². The third kappa shape index (κ3) is 3.32. The molecule has 1 aromatic heterocycles. The number of rotatable bonds is 6. The zero-order valence-electron chi connectivity index (χ0n) is 10.9. The van der Waals surface area contributed by atoms with Crippen molar-refractivity contribution in [2.24, 2.45) is 0 Å². The van der Waals surface area contributed by atoms with Gasteiger partial charge in [0, 0.05) is 12.1 Å². The lowest BCUT2D eigenvalue weighted by molar-refractivity contribution is 0.377. The van der Waals surface area contributed by atoms with Gasteiger partial charge < -0.3 is 9.84 Å². The predicted octanol–water partition coefficient (Wildman–Crippen LogP) is 3.20. The van der Waals surface area contributed by atoms with Gasteiger partial charge in [0.05, 0.1) is 6.54 Å². The van der Waals surface area contributed by atoms with Gasteiger partial charge in [0.2, 0.25) is 5.89 Å². The summed E-state index contributed by atoms with van der Waals surface area (Å²) < 4.78 is 5.16. The average Bonchev–Trinajstić information content (AvgIpc) is 2.85. The van der Waals surface area contributed by atoms with E-state index in [1.54, 1.807) is 0 Å². The molecule has 1 aromatic carbocycles. The highest BCUT2D eigenvalue weighted by Gasteiger charge is 2.04. The number of benzene rings is 1. The first-order valence-corrected chi connectivity index (χ1v) is 6.46. The Morgan fingerprint density at radius 1 is 1.17 bits per heavy atom. The fourth-order valence-corrected chi connectivity index (χ4v) is 1.72. The molecule has 2 rings (SSSR count). The molecule has 0 atom stereocenters. The van der Waals surface area contributed by atoms with Crippen LogP contribution in [0, 0.1) is 0 Å². The zero-order valence-corrected chi connectivity index (χ0v) is 10.9. The standard InChI is InChI=1S/C14H19N3O/c1-3-5-13-16-14(18-17-13)10-15-12-8-6-11(4-2)7-9-12/h6-9,15H,3-5,10H2,1-2H3. The Labute approximate surface area is 107 Å². The largest absolute Gasteiger partial charge is 0.376 e. The Morgan fingerprint density at radius 2 is 1.94 bits per heavy atom. The molecule has 4 nitrogen and oxygen atoms in total. The fourth-order valence-electron chi connectivity index (χ4n) is 1.72. The second-order valence-corrected chi connectivity index (χ2v) is 4.26. The number of hydrogen-bond acceptors (Lipinski definition) is 4. The molecule has 0 aliphatic carbocycles. The highest BCUT2D eigenvalue weighted by molar-refractivity contribution is 5.44. The van der Waals surface area contributed by atoms with Crippen LogP contribution in [0.15, 0.2) is 28.8 Å². The number of aryl methyl sites for hydroxylation is 2. The molecule has 4 heteroatoms. The topological polar surface area (TPSA) is 51.0 Å². The molecule has 0 bridgehead atoms. The maximum Gasteiger partial charge on any atom is 0.245 e. The Kier molecular flexibility index (Phi) is 4.34. The first kappa shape index (κ1) is 12.6. The summed E-state index contributed by atoms with van der Waals surface area (Å²) in [5, 5.41) is 7.19. The van der Waals surface area contributed by atoms with E-state index in [1.807, 2.05) is 0 Å². The van der Waals surface area contributed by atoms with Crippen molar-refractivity contribution in [2.45, 2.75) is 39.7 Å². The quantitative estimate of drug-likeness (QED) is 0.849. The first-order valence-electron chi connectivity index (χ1n) is 6.46. The summed E-state index contributed by atoms with van der Waals surface area (Å²) >= 11 is 0. The summed E-state index contributed by atoms with van der Waals surface area (Å²) in [5.41, 5.74) is 2.41. The van der Waals surface area contributed by atoms with Gasteiger partial charge in [-0.05, 0) is 30.5 Å². The maximum absolute atomic E-state index is 5.16. The normalized spacial score (nSPS) is 10.6. The summed E-state index contributed by atoms with van der Waals surface area (Å²) in [6.07, 6.45) is 2.96. The van der Waals surface area contributed by atoms with Crippen molar-refractivity contribution >= 4 is 5.69 Å². The summed E-state index contributed by atoms with van der Waals surface area (Å²) in [7, 11) is 0. The minimum atomic E-state index is 0.572. The third-order valence-corrected chi connectivity index (χ3v) is 2.79. The Morgan fingerprint density at radius 3 is 2.61 bits per heavy atom. The molecule has 0 fully saturated rings. The van der Waals surface area contributed by atoms with Crippen molar-refractivity contribution in [2.75, 3.05) is 5.32 Å². The minimum absolute atomic E-state index is 0.572. The molecule has 0 unspecified atom stereocenters. The van der Waals surface area contributed by atoms with E-state index in [9.17, 15) is 0 Å². The van der Waals surface area contributed by atoms with Gasteiger partial charge in [-0.2, -0.15) is 4.98 Å². The average molecular weight is 245 g/mol. The molecule has 18 heavy (non-hydrogen) atoms. The van der Waals surface area contributed by atoms with E-state index in [0.717, 1.165) is 30.8 Å². The van der Waals surface area contributed by atoms with Gasteiger partial charge >= 0.3 is 0 Å². The van der Waals surface area contributed by atoms with Crippen molar-refractivity contribution in [1.82, 2.24) is 10.1 Å². The zero-order chi connectivity index (χ0) is 12.8. The van der Waals surface area contributed by atoms with Crippen LogP contribution < -0.4 is 5.32 Å². The molecule has 0 aliphatic rings. The number of anilines is 1. The highest BCUT2D eigenvalue weighted by Crippen LogP contribution is 2.11. The SMILES string of the molecule is CCCc1noc(CNc2ccc(CC)cc2)n1. The van der Waals surface area contributed by atoms with E-state index >= 15 is 0 Å². The maximum atomic E-state index is 5.16. The molecule has 0 aliphatic heterocycles.